The van der Waals surface area contributed by atoms with Crippen molar-refractivity contribution in [2.24, 2.45) is 0 Å². The minimum absolute atomic E-state index is 0.107. The van der Waals surface area contributed by atoms with E-state index < -0.39 is 0 Å². The fourth-order valence-corrected chi connectivity index (χ4v) is 2.03. The van der Waals surface area contributed by atoms with Crippen molar-refractivity contribution in [2.45, 2.75) is 57.9 Å². The van der Waals surface area contributed by atoms with E-state index in [9.17, 15) is 4.79 Å². The maximum Gasteiger partial charge on any atom is 0.317 e. The summed E-state index contributed by atoms with van der Waals surface area (Å²) in [7, 11) is 1.88. The van der Waals surface area contributed by atoms with E-state index in [1.807, 2.05) is 7.05 Å². The lowest BCUT2D eigenvalue weighted by Crippen LogP contribution is -2.44. The second-order valence-electron chi connectivity index (χ2n) is 4.56. The van der Waals surface area contributed by atoms with E-state index in [1.54, 1.807) is 4.90 Å². The predicted octanol–water partition coefficient (Wildman–Crippen LogP) is 2.76. The molecule has 1 aliphatic carbocycles. The Morgan fingerprint density at radius 3 is 2.60 bits per heavy atom. The number of rotatable bonds is 4. The zero-order chi connectivity index (χ0) is 11.1. The molecule has 0 bridgehead atoms. The van der Waals surface area contributed by atoms with Gasteiger partial charge in [0.15, 0.2) is 0 Å². The van der Waals surface area contributed by atoms with Crippen LogP contribution in [0, 0.1) is 0 Å². The highest BCUT2D eigenvalue weighted by Crippen LogP contribution is 2.17. The molecule has 1 aliphatic rings. The van der Waals surface area contributed by atoms with Gasteiger partial charge < -0.3 is 10.2 Å². The summed E-state index contributed by atoms with van der Waals surface area (Å²) >= 11 is 0. The van der Waals surface area contributed by atoms with Crippen molar-refractivity contribution in [1.82, 2.24) is 10.2 Å². The van der Waals surface area contributed by atoms with Gasteiger partial charge in [-0.1, -0.05) is 32.6 Å². The Kier molecular flexibility index (Phi) is 5.51. The van der Waals surface area contributed by atoms with E-state index >= 15 is 0 Å². The monoisotopic (exact) mass is 212 g/mol. The van der Waals surface area contributed by atoms with Crippen molar-refractivity contribution in [1.29, 1.82) is 0 Å². The van der Waals surface area contributed by atoms with Crippen molar-refractivity contribution >= 4 is 6.03 Å². The molecule has 1 rings (SSSR count). The molecule has 1 fully saturated rings. The van der Waals surface area contributed by atoms with E-state index in [4.69, 9.17) is 0 Å². The molecule has 2 amide bonds. The number of nitrogens with zero attached hydrogens (tertiary/aromatic N) is 1. The molecule has 0 aromatic carbocycles. The molecular weight excluding hydrogens is 188 g/mol. The zero-order valence-electron chi connectivity index (χ0n) is 10.1. The molecule has 0 aliphatic heterocycles. The molecule has 15 heavy (non-hydrogen) atoms. The van der Waals surface area contributed by atoms with E-state index in [0.29, 0.717) is 6.04 Å². The van der Waals surface area contributed by atoms with E-state index in [1.165, 1.54) is 19.3 Å². The second-order valence-corrected chi connectivity index (χ2v) is 4.56. The van der Waals surface area contributed by atoms with Crippen LogP contribution in [0.4, 0.5) is 4.79 Å². The largest absolute Gasteiger partial charge is 0.335 e. The summed E-state index contributed by atoms with van der Waals surface area (Å²) in [6, 6.07) is 0.533. The van der Waals surface area contributed by atoms with Gasteiger partial charge in [0.25, 0.3) is 0 Å². The first-order valence-corrected chi connectivity index (χ1v) is 6.25. The predicted molar refractivity (Wildman–Crippen MR) is 62.9 cm³/mol. The summed E-state index contributed by atoms with van der Waals surface area (Å²) in [5.74, 6) is 0. The number of hydrogen-bond acceptors (Lipinski definition) is 1. The quantitative estimate of drug-likeness (QED) is 0.763. The topological polar surface area (TPSA) is 32.3 Å². The van der Waals surface area contributed by atoms with Gasteiger partial charge in [-0.25, -0.2) is 4.79 Å². The second kappa shape index (κ2) is 6.70. The van der Waals surface area contributed by atoms with Gasteiger partial charge in [0.2, 0.25) is 0 Å². The number of unbranched alkanes of at least 4 members (excludes halogenated alkanes) is 1. The van der Waals surface area contributed by atoms with Crippen LogP contribution in [-0.4, -0.2) is 30.6 Å². The van der Waals surface area contributed by atoms with E-state index in [-0.39, 0.29) is 6.03 Å². The summed E-state index contributed by atoms with van der Waals surface area (Å²) in [6.07, 6.45) is 8.42. The molecule has 0 spiro atoms. The van der Waals surface area contributed by atoms with Gasteiger partial charge in [-0.3, -0.25) is 0 Å². The van der Waals surface area contributed by atoms with Crippen LogP contribution in [0.15, 0.2) is 0 Å². The smallest absolute Gasteiger partial charge is 0.317 e. The molecule has 88 valence electrons. The van der Waals surface area contributed by atoms with Crippen LogP contribution >= 0.6 is 0 Å². The van der Waals surface area contributed by atoms with Crippen LogP contribution in [0.3, 0.4) is 0 Å². The Labute approximate surface area is 93.2 Å². The third-order valence-corrected chi connectivity index (χ3v) is 3.13. The first-order chi connectivity index (χ1) is 7.24. The number of hydrogen-bond donors (Lipinski definition) is 1. The lowest BCUT2D eigenvalue weighted by atomic mass is 9.96. The normalized spacial score (nSPS) is 17.5. The van der Waals surface area contributed by atoms with Crippen molar-refractivity contribution in [3.8, 4) is 0 Å². The average Bonchev–Trinajstić information content (AvgIpc) is 2.27. The van der Waals surface area contributed by atoms with Gasteiger partial charge >= 0.3 is 6.03 Å². The molecule has 0 aromatic rings. The molecular formula is C12H24N2O. The van der Waals surface area contributed by atoms with Crippen LogP contribution in [-0.2, 0) is 0 Å². The maximum atomic E-state index is 11.7. The summed E-state index contributed by atoms with van der Waals surface area (Å²) < 4.78 is 0. The van der Waals surface area contributed by atoms with Crippen molar-refractivity contribution < 1.29 is 4.79 Å². The van der Waals surface area contributed by atoms with E-state index in [2.05, 4.69) is 12.2 Å². The highest BCUT2D eigenvalue weighted by Gasteiger charge is 2.17. The van der Waals surface area contributed by atoms with Gasteiger partial charge in [0, 0.05) is 19.6 Å². The molecule has 1 saturated carbocycles. The third-order valence-electron chi connectivity index (χ3n) is 3.13. The summed E-state index contributed by atoms with van der Waals surface area (Å²) in [6.45, 7) is 3.02. The van der Waals surface area contributed by atoms with Crippen LogP contribution < -0.4 is 5.32 Å². The number of nitrogens with one attached hydrogen (secondary N) is 1. The average molecular weight is 212 g/mol. The number of carbonyl (C=O) groups excluding carboxylic acids is 1. The minimum Gasteiger partial charge on any atom is -0.335 e. The first-order valence-electron chi connectivity index (χ1n) is 6.25. The zero-order valence-corrected chi connectivity index (χ0v) is 10.1. The Balaban J connectivity index is 2.20. The lowest BCUT2D eigenvalue weighted by molar-refractivity contribution is 0.200. The highest BCUT2D eigenvalue weighted by atomic mass is 16.2. The fraction of sp³-hybridized carbons (Fsp3) is 0.917. The van der Waals surface area contributed by atoms with Crippen molar-refractivity contribution in [3.05, 3.63) is 0 Å². The number of urea groups is 1. The van der Waals surface area contributed by atoms with Gasteiger partial charge in [0.05, 0.1) is 0 Å². The van der Waals surface area contributed by atoms with Gasteiger partial charge in [-0.2, -0.15) is 0 Å². The van der Waals surface area contributed by atoms with Gasteiger partial charge in [-0.15, -0.1) is 0 Å². The summed E-state index contributed by atoms with van der Waals surface area (Å²) in [5.41, 5.74) is 0. The van der Waals surface area contributed by atoms with Gasteiger partial charge in [0.1, 0.15) is 0 Å². The molecule has 0 saturated heterocycles. The molecule has 0 aromatic heterocycles. The van der Waals surface area contributed by atoms with Crippen LogP contribution in [0.25, 0.3) is 0 Å². The Bertz CT molecular complexity index is 188. The maximum absolute atomic E-state index is 11.7. The molecule has 3 heteroatoms. The third kappa shape index (κ3) is 4.54. The molecule has 1 N–H and O–H groups in total. The van der Waals surface area contributed by atoms with Crippen molar-refractivity contribution in [3.63, 3.8) is 0 Å². The lowest BCUT2D eigenvalue weighted by Gasteiger charge is -2.26. The summed E-state index contributed by atoms with van der Waals surface area (Å²) in [4.78, 5) is 13.5. The summed E-state index contributed by atoms with van der Waals surface area (Å²) in [5, 5.41) is 3.11. The first kappa shape index (κ1) is 12.3. The van der Waals surface area contributed by atoms with Crippen molar-refractivity contribution in [2.75, 3.05) is 13.6 Å². The Hall–Kier alpha value is -0.730. The molecule has 0 atom stereocenters. The van der Waals surface area contributed by atoms with E-state index in [0.717, 1.165) is 32.2 Å². The number of carbonyl (C=O) groups is 1. The standard InChI is InChI=1S/C12H24N2O/c1-3-4-10-14(2)12(15)13-11-8-6-5-7-9-11/h11H,3-10H2,1-2H3,(H,13,15). The molecule has 0 heterocycles. The Morgan fingerprint density at radius 1 is 1.33 bits per heavy atom. The highest BCUT2D eigenvalue weighted by molar-refractivity contribution is 5.74. The fourth-order valence-electron chi connectivity index (χ4n) is 2.03. The number of amides is 2. The molecule has 3 nitrogen and oxygen atoms in total. The Morgan fingerprint density at radius 2 is 2.00 bits per heavy atom. The van der Waals surface area contributed by atoms with Crippen LogP contribution in [0.5, 0.6) is 0 Å². The SMILES string of the molecule is CCCCN(C)C(=O)NC1CCCCC1. The van der Waals surface area contributed by atoms with Gasteiger partial charge in [-0.05, 0) is 19.3 Å². The van der Waals surface area contributed by atoms with Crippen LogP contribution in [0.1, 0.15) is 51.9 Å². The van der Waals surface area contributed by atoms with Crippen LogP contribution in [0.2, 0.25) is 0 Å². The molecule has 0 radical (unpaired) electrons. The molecule has 0 unspecified atom stereocenters. The minimum atomic E-state index is 0.107.